The van der Waals surface area contributed by atoms with Gasteiger partial charge in [0.1, 0.15) is 0 Å². The Morgan fingerprint density at radius 1 is 0.882 bits per heavy atom. The van der Waals surface area contributed by atoms with E-state index in [0.717, 1.165) is 12.1 Å². The minimum absolute atomic E-state index is 0.841. The number of benzene rings is 2. The van der Waals surface area contributed by atoms with Crippen LogP contribution in [0.25, 0.3) is 0 Å². The smallest absolute Gasteiger partial charge is 0.0436 e. The lowest BCUT2D eigenvalue weighted by Crippen LogP contribution is -2.18. The highest BCUT2D eigenvalue weighted by molar-refractivity contribution is 5.63. The predicted molar refractivity (Wildman–Crippen MR) is 74.7 cm³/mol. The molecule has 0 aliphatic rings. The fourth-order valence-corrected chi connectivity index (χ4v) is 1.82. The van der Waals surface area contributed by atoms with Crippen LogP contribution in [0.2, 0.25) is 0 Å². The summed E-state index contributed by atoms with van der Waals surface area (Å²) in [7, 11) is 0. The third-order valence-electron chi connectivity index (χ3n) is 2.56. The van der Waals surface area contributed by atoms with Crippen LogP contribution in [0.1, 0.15) is 6.92 Å². The van der Waals surface area contributed by atoms with E-state index in [4.69, 9.17) is 0 Å². The average Bonchev–Trinajstić information content (AvgIpc) is 2.38. The lowest BCUT2D eigenvalue weighted by molar-refractivity contribution is 1.04. The highest BCUT2D eigenvalue weighted by Gasteiger charge is 2.07. The monoisotopic (exact) mass is 223 g/mol. The number of anilines is 2. The van der Waals surface area contributed by atoms with Crippen molar-refractivity contribution in [2.24, 2.45) is 0 Å². The summed E-state index contributed by atoms with van der Waals surface area (Å²) >= 11 is 0. The largest absolute Gasteiger partial charge is 0.337 e. The number of hydrogen-bond donors (Lipinski definition) is 0. The first-order chi connectivity index (χ1) is 8.27. The molecule has 0 atom stereocenters. The van der Waals surface area contributed by atoms with Gasteiger partial charge >= 0.3 is 0 Å². The van der Waals surface area contributed by atoms with Crippen molar-refractivity contribution in [3.05, 3.63) is 72.8 Å². The van der Waals surface area contributed by atoms with Crippen molar-refractivity contribution in [1.82, 2.24) is 0 Å². The topological polar surface area (TPSA) is 3.24 Å². The molecule has 0 aliphatic heterocycles. The van der Waals surface area contributed by atoms with Crippen LogP contribution in [0.4, 0.5) is 11.4 Å². The summed E-state index contributed by atoms with van der Waals surface area (Å²) < 4.78 is 0. The molecule has 1 heteroatoms. The average molecular weight is 223 g/mol. The van der Waals surface area contributed by atoms with Crippen molar-refractivity contribution in [2.45, 2.75) is 6.92 Å². The van der Waals surface area contributed by atoms with E-state index in [-0.39, 0.29) is 0 Å². The van der Waals surface area contributed by atoms with Gasteiger partial charge in [-0.1, -0.05) is 48.6 Å². The Labute approximate surface area is 103 Å². The molecular formula is C16H17N. The van der Waals surface area contributed by atoms with E-state index in [1.54, 1.807) is 0 Å². The molecule has 0 N–H and O–H groups in total. The fourth-order valence-electron chi connectivity index (χ4n) is 1.82. The quantitative estimate of drug-likeness (QED) is 0.694. The van der Waals surface area contributed by atoms with Crippen molar-refractivity contribution in [3.8, 4) is 0 Å². The summed E-state index contributed by atoms with van der Waals surface area (Å²) in [5.74, 6) is 0. The van der Waals surface area contributed by atoms with Crippen molar-refractivity contribution in [2.75, 3.05) is 11.4 Å². The van der Waals surface area contributed by atoms with Crippen LogP contribution in [0.15, 0.2) is 72.8 Å². The molecule has 0 unspecified atom stereocenters. The number of nitrogens with zero attached hydrogens (tertiary/aromatic N) is 1. The van der Waals surface area contributed by atoms with Crippen LogP contribution < -0.4 is 4.90 Å². The van der Waals surface area contributed by atoms with E-state index in [9.17, 15) is 0 Å². The normalized spacial score (nSPS) is 9.94. The Bertz CT molecular complexity index is 434. The second kappa shape index (κ2) is 5.35. The molecule has 2 aromatic rings. The van der Waals surface area contributed by atoms with Gasteiger partial charge in [0.2, 0.25) is 0 Å². The van der Waals surface area contributed by atoms with Crippen LogP contribution in [0, 0.1) is 0 Å². The summed E-state index contributed by atoms with van der Waals surface area (Å²) in [6.45, 7) is 6.90. The summed E-state index contributed by atoms with van der Waals surface area (Å²) in [4.78, 5) is 2.27. The third kappa shape index (κ3) is 2.97. The summed E-state index contributed by atoms with van der Waals surface area (Å²) in [6, 6.07) is 20.8. The first kappa shape index (κ1) is 11.5. The maximum atomic E-state index is 4.00. The second-order valence-corrected chi connectivity index (χ2v) is 4.21. The molecule has 86 valence electrons. The van der Waals surface area contributed by atoms with E-state index in [0.29, 0.717) is 0 Å². The van der Waals surface area contributed by atoms with Crippen molar-refractivity contribution >= 4 is 11.4 Å². The van der Waals surface area contributed by atoms with Crippen LogP contribution in [0.3, 0.4) is 0 Å². The first-order valence-electron chi connectivity index (χ1n) is 5.79. The zero-order valence-corrected chi connectivity index (χ0v) is 10.1. The molecule has 0 saturated heterocycles. The summed E-state index contributed by atoms with van der Waals surface area (Å²) in [6.07, 6.45) is 0. The summed E-state index contributed by atoms with van der Waals surface area (Å²) in [5.41, 5.74) is 3.54. The van der Waals surface area contributed by atoms with Crippen molar-refractivity contribution < 1.29 is 0 Å². The fraction of sp³-hybridized carbons (Fsp3) is 0.125. The van der Waals surface area contributed by atoms with E-state index in [2.05, 4.69) is 66.9 Å². The Morgan fingerprint density at radius 3 is 1.65 bits per heavy atom. The zero-order chi connectivity index (χ0) is 12.1. The van der Waals surface area contributed by atoms with E-state index >= 15 is 0 Å². The van der Waals surface area contributed by atoms with E-state index < -0.39 is 0 Å². The van der Waals surface area contributed by atoms with Gasteiger partial charge in [-0.25, -0.2) is 0 Å². The Morgan fingerprint density at radius 2 is 1.29 bits per heavy atom. The lowest BCUT2D eigenvalue weighted by atomic mass is 10.2. The molecule has 0 aliphatic carbocycles. The van der Waals surface area contributed by atoms with Crippen molar-refractivity contribution in [1.29, 1.82) is 0 Å². The Kier molecular flexibility index (Phi) is 3.61. The van der Waals surface area contributed by atoms with Gasteiger partial charge < -0.3 is 4.90 Å². The second-order valence-electron chi connectivity index (χ2n) is 4.21. The molecule has 2 rings (SSSR count). The molecule has 0 spiro atoms. The van der Waals surface area contributed by atoms with Gasteiger partial charge in [0, 0.05) is 17.9 Å². The van der Waals surface area contributed by atoms with E-state index in [1.807, 2.05) is 12.1 Å². The molecule has 0 radical (unpaired) electrons. The molecule has 0 aromatic heterocycles. The summed E-state index contributed by atoms with van der Waals surface area (Å²) in [5, 5.41) is 0. The molecule has 0 heterocycles. The molecule has 17 heavy (non-hydrogen) atoms. The third-order valence-corrected chi connectivity index (χ3v) is 2.56. The molecule has 1 nitrogen and oxygen atoms in total. The molecular weight excluding hydrogens is 206 g/mol. The number of para-hydroxylation sites is 2. The molecule has 2 aromatic carbocycles. The minimum atomic E-state index is 0.841. The molecule has 0 bridgehead atoms. The molecule has 0 saturated carbocycles. The van der Waals surface area contributed by atoms with Crippen LogP contribution in [-0.4, -0.2) is 6.54 Å². The number of rotatable bonds is 4. The van der Waals surface area contributed by atoms with Gasteiger partial charge in [0.05, 0.1) is 0 Å². The van der Waals surface area contributed by atoms with Crippen LogP contribution in [0.5, 0.6) is 0 Å². The SMILES string of the molecule is C=C(C)CN(c1ccccc1)c1ccccc1. The Hall–Kier alpha value is -2.02. The highest BCUT2D eigenvalue weighted by atomic mass is 15.1. The first-order valence-corrected chi connectivity index (χ1v) is 5.79. The van der Waals surface area contributed by atoms with Gasteiger partial charge in [-0.05, 0) is 31.2 Å². The van der Waals surface area contributed by atoms with Gasteiger partial charge in [-0.2, -0.15) is 0 Å². The zero-order valence-electron chi connectivity index (χ0n) is 10.1. The van der Waals surface area contributed by atoms with Crippen LogP contribution >= 0.6 is 0 Å². The Balaban J connectivity index is 2.36. The highest BCUT2D eigenvalue weighted by Crippen LogP contribution is 2.25. The van der Waals surface area contributed by atoms with Crippen LogP contribution in [-0.2, 0) is 0 Å². The maximum Gasteiger partial charge on any atom is 0.0436 e. The van der Waals surface area contributed by atoms with Gasteiger partial charge in [0.15, 0.2) is 0 Å². The lowest BCUT2D eigenvalue weighted by Gasteiger charge is -2.25. The maximum absolute atomic E-state index is 4.00. The standard InChI is InChI=1S/C16H17N/c1-14(2)13-17(15-9-5-3-6-10-15)16-11-7-4-8-12-16/h3-12H,1,13H2,2H3. The van der Waals surface area contributed by atoms with E-state index in [1.165, 1.54) is 11.4 Å². The predicted octanol–water partition coefficient (Wildman–Crippen LogP) is 4.40. The van der Waals surface area contributed by atoms with Gasteiger partial charge in [-0.15, -0.1) is 0 Å². The van der Waals surface area contributed by atoms with Gasteiger partial charge in [0.25, 0.3) is 0 Å². The minimum Gasteiger partial charge on any atom is -0.337 e. The molecule has 0 amide bonds. The van der Waals surface area contributed by atoms with Crippen molar-refractivity contribution in [3.63, 3.8) is 0 Å². The molecule has 0 fully saturated rings. The number of hydrogen-bond acceptors (Lipinski definition) is 1. The van der Waals surface area contributed by atoms with Gasteiger partial charge in [-0.3, -0.25) is 0 Å².